The van der Waals surface area contributed by atoms with E-state index >= 15 is 0 Å². The Morgan fingerprint density at radius 2 is 1.90 bits per heavy atom. The third kappa shape index (κ3) is 3.82. The van der Waals surface area contributed by atoms with Crippen molar-refractivity contribution < 1.29 is 9.47 Å². The number of methoxy groups -OCH3 is 2. The first kappa shape index (κ1) is 18.1. The Balaban J connectivity index is 3.28. The fraction of sp³-hybridized carbons (Fsp3) is 0.625. The lowest BCUT2D eigenvalue weighted by atomic mass is 10.0. The average molecular weight is 315 g/mol. The maximum Gasteiger partial charge on any atom is 0.179 e. The van der Waals surface area contributed by atoms with Crippen molar-refractivity contribution in [3.05, 3.63) is 22.7 Å². The number of nitrogens with two attached hydrogens (primary N) is 1. The van der Waals surface area contributed by atoms with Crippen LogP contribution in [0.1, 0.15) is 38.8 Å². The van der Waals surface area contributed by atoms with Gasteiger partial charge < -0.3 is 15.2 Å². The molecule has 5 heteroatoms. The lowest BCUT2D eigenvalue weighted by Crippen LogP contribution is -2.39. The number of likely N-dealkylation sites (N-methyl/N-ethyl adjacent to an activating group) is 1. The summed E-state index contributed by atoms with van der Waals surface area (Å²) in [4.78, 5) is 2.37. The molecule has 1 aromatic carbocycles. The van der Waals surface area contributed by atoms with Crippen molar-refractivity contribution in [2.75, 3.05) is 27.3 Å². The molecule has 1 rings (SSSR count). The van der Waals surface area contributed by atoms with Gasteiger partial charge in [-0.1, -0.05) is 31.5 Å². The van der Waals surface area contributed by atoms with Crippen LogP contribution >= 0.6 is 11.6 Å². The molecule has 0 aliphatic heterocycles. The molecule has 0 heterocycles. The van der Waals surface area contributed by atoms with Gasteiger partial charge in [0.1, 0.15) is 0 Å². The fourth-order valence-electron chi connectivity index (χ4n) is 2.68. The summed E-state index contributed by atoms with van der Waals surface area (Å²) < 4.78 is 10.7. The molecule has 4 nitrogen and oxygen atoms in total. The van der Waals surface area contributed by atoms with Gasteiger partial charge in [0, 0.05) is 18.6 Å². The summed E-state index contributed by atoms with van der Waals surface area (Å²) in [6, 6.07) is 4.37. The van der Waals surface area contributed by atoms with Gasteiger partial charge in [-0.05, 0) is 31.5 Å². The molecule has 120 valence electrons. The van der Waals surface area contributed by atoms with Gasteiger partial charge in [-0.15, -0.1) is 0 Å². The van der Waals surface area contributed by atoms with Gasteiger partial charge in [0.15, 0.2) is 11.5 Å². The van der Waals surface area contributed by atoms with Crippen molar-refractivity contribution in [1.82, 2.24) is 4.90 Å². The molecule has 0 spiro atoms. The molecule has 1 aromatic rings. The van der Waals surface area contributed by atoms with Gasteiger partial charge in [-0.25, -0.2) is 0 Å². The van der Waals surface area contributed by atoms with Crippen molar-refractivity contribution in [3.8, 4) is 11.5 Å². The van der Waals surface area contributed by atoms with E-state index in [1.807, 2.05) is 12.1 Å². The van der Waals surface area contributed by atoms with Gasteiger partial charge in [-0.3, -0.25) is 4.90 Å². The number of hydrogen-bond acceptors (Lipinski definition) is 4. The number of benzene rings is 1. The van der Waals surface area contributed by atoms with Crippen molar-refractivity contribution in [3.63, 3.8) is 0 Å². The molecule has 0 aliphatic carbocycles. The van der Waals surface area contributed by atoms with E-state index in [1.54, 1.807) is 14.2 Å². The molecule has 0 aliphatic rings. The normalized spacial score (nSPS) is 14.1. The Morgan fingerprint density at radius 1 is 1.24 bits per heavy atom. The highest BCUT2D eigenvalue weighted by molar-refractivity contribution is 6.33. The second-order valence-electron chi connectivity index (χ2n) is 5.04. The molecule has 0 saturated carbocycles. The molecule has 21 heavy (non-hydrogen) atoms. The summed E-state index contributed by atoms with van der Waals surface area (Å²) in [5, 5.41) is 0.578. The first-order valence-corrected chi connectivity index (χ1v) is 7.79. The fourth-order valence-corrected chi connectivity index (χ4v) is 3.04. The smallest absolute Gasteiger partial charge is 0.179 e. The van der Waals surface area contributed by atoms with Crippen molar-refractivity contribution in [2.24, 2.45) is 5.73 Å². The molecular formula is C16H27ClN2O2. The minimum Gasteiger partial charge on any atom is -0.493 e. The Labute approximate surface area is 133 Å². The zero-order valence-electron chi connectivity index (χ0n) is 13.6. The highest BCUT2D eigenvalue weighted by atomic mass is 35.5. The Kier molecular flexibility index (Phi) is 7.29. The summed E-state index contributed by atoms with van der Waals surface area (Å²) in [5.41, 5.74) is 7.02. The summed E-state index contributed by atoms with van der Waals surface area (Å²) in [6.07, 6.45) is 1.06. The second-order valence-corrected chi connectivity index (χ2v) is 5.42. The number of ether oxygens (including phenoxy) is 2. The van der Waals surface area contributed by atoms with Gasteiger partial charge >= 0.3 is 0 Å². The minimum absolute atomic E-state index is 0.0669. The zero-order valence-corrected chi connectivity index (χ0v) is 14.4. The summed E-state index contributed by atoms with van der Waals surface area (Å²) in [5.74, 6) is 1.20. The molecule has 0 fully saturated rings. The molecule has 0 bridgehead atoms. The molecular weight excluding hydrogens is 288 g/mol. The van der Waals surface area contributed by atoms with Crippen LogP contribution in [0.15, 0.2) is 12.1 Å². The topological polar surface area (TPSA) is 47.7 Å². The quantitative estimate of drug-likeness (QED) is 0.798. The molecule has 0 radical (unpaired) electrons. The van der Waals surface area contributed by atoms with E-state index < -0.39 is 0 Å². The van der Waals surface area contributed by atoms with Crippen LogP contribution in [0.25, 0.3) is 0 Å². The monoisotopic (exact) mass is 314 g/mol. The molecule has 2 N–H and O–H groups in total. The lowest BCUT2D eigenvalue weighted by molar-refractivity contribution is 0.152. The third-order valence-electron chi connectivity index (χ3n) is 4.02. The molecule has 0 saturated heterocycles. The maximum absolute atomic E-state index is 6.53. The van der Waals surface area contributed by atoms with Crippen LogP contribution in [0.2, 0.25) is 5.02 Å². The SMILES string of the molecule is CCC(C)N(CC)C(CN)c1ccc(OC)c(OC)c1Cl. The van der Waals surface area contributed by atoms with E-state index in [-0.39, 0.29) is 6.04 Å². The van der Waals surface area contributed by atoms with Gasteiger partial charge in [0.05, 0.1) is 19.2 Å². The summed E-state index contributed by atoms with van der Waals surface area (Å²) >= 11 is 6.53. The maximum atomic E-state index is 6.53. The van der Waals surface area contributed by atoms with E-state index in [9.17, 15) is 0 Å². The van der Waals surface area contributed by atoms with Crippen LogP contribution < -0.4 is 15.2 Å². The molecule has 2 atom stereocenters. The Hall–Kier alpha value is -0.970. The van der Waals surface area contributed by atoms with Crippen molar-refractivity contribution in [1.29, 1.82) is 0 Å². The van der Waals surface area contributed by atoms with Crippen LogP contribution in [0.4, 0.5) is 0 Å². The highest BCUT2D eigenvalue weighted by Gasteiger charge is 2.26. The third-order valence-corrected chi connectivity index (χ3v) is 4.41. The van der Waals surface area contributed by atoms with E-state index in [0.29, 0.717) is 29.1 Å². The Morgan fingerprint density at radius 3 is 2.33 bits per heavy atom. The lowest BCUT2D eigenvalue weighted by Gasteiger charge is -2.35. The van der Waals surface area contributed by atoms with Crippen LogP contribution in [0, 0.1) is 0 Å². The van der Waals surface area contributed by atoms with E-state index in [4.69, 9.17) is 26.8 Å². The van der Waals surface area contributed by atoms with Crippen LogP contribution in [0.5, 0.6) is 11.5 Å². The number of rotatable bonds is 8. The van der Waals surface area contributed by atoms with Crippen LogP contribution in [0.3, 0.4) is 0 Å². The summed E-state index contributed by atoms with van der Waals surface area (Å²) in [6.45, 7) is 7.95. The van der Waals surface area contributed by atoms with E-state index in [2.05, 4.69) is 25.7 Å². The van der Waals surface area contributed by atoms with Crippen LogP contribution in [-0.2, 0) is 0 Å². The highest BCUT2D eigenvalue weighted by Crippen LogP contribution is 2.41. The standard InChI is InChI=1S/C16H27ClN2O2/c1-6-11(3)19(7-2)13(10-18)12-8-9-14(20-4)16(21-5)15(12)17/h8-9,11,13H,6-7,10,18H2,1-5H3. The largest absolute Gasteiger partial charge is 0.493 e. The zero-order chi connectivity index (χ0) is 16.0. The number of nitrogens with zero attached hydrogens (tertiary/aromatic N) is 1. The van der Waals surface area contributed by atoms with Gasteiger partial charge in [0.2, 0.25) is 0 Å². The first-order chi connectivity index (χ1) is 10.0. The molecule has 0 amide bonds. The van der Waals surface area contributed by atoms with Crippen LogP contribution in [-0.4, -0.2) is 38.3 Å². The predicted molar refractivity (Wildman–Crippen MR) is 88.5 cm³/mol. The van der Waals surface area contributed by atoms with E-state index in [0.717, 1.165) is 18.5 Å². The predicted octanol–water partition coefficient (Wildman–Crippen LogP) is 3.48. The van der Waals surface area contributed by atoms with Gasteiger partial charge in [-0.2, -0.15) is 0 Å². The second kappa shape index (κ2) is 8.47. The van der Waals surface area contributed by atoms with Gasteiger partial charge in [0.25, 0.3) is 0 Å². The molecule has 2 unspecified atom stereocenters. The first-order valence-electron chi connectivity index (χ1n) is 7.41. The van der Waals surface area contributed by atoms with E-state index in [1.165, 1.54) is 0 Å². The minimum atomic E-state index is 0.0669. The average Bonchev–Trinajstić information content (AvgIpc) is 2.51. The van der Waals surface area contributed by atoms with Crippen molar-refractivity contribution >= 4 is 11.6 Å². The molecule has 0 aromatic heterocycles. The summed E-state index contributed by atoms with van der Waals surface area (Å²) in [7, 11) is 3.20. The number of halogens is 1. The van der Waals surface area contributed by atoms with Crippen molar-refractivity contribution in [2.45, 2.75) is 39.3 Å². The number of hydrogen-bond donors (Lipinski definition) is 1. The Bertz CT molecular complexity index is 454.